The molecule has 2 rings (SSSR count). The van der Waals surface area contributed by atoms with Crippen molar-refractivity contribution in [3.63, 3.8) is 0 Å². The molecule has 0 atom stereocenters. The first kappa shape index (κ1) is 13.9. The standard InChI is InChI=1S/C12H9NO4.ClH/c14-11(15)7-13-6-9(12(16)17)8-4-2-1-3-5-10(8)13;/h1-6H,7H2,(H-,14,15,16,17);1H. The zero-order valence-electron chi connectivity index (χ0n) is 9.21. The van der Waals surface area contributed by atoms with Gasteiger partial charge in [-0.25, -0.2) is 9.59 Å². The van der Waals surface area contributed by atoms with Crippen LogP contribution in [0.4, 0.5) is 0 Å². The minimum Gasteiger partial charge on any atom is -1.00 e. The smallest absolute Gasteiger partial charge is 0.370 e. The van der Waals surface area contributed by atoms with Crippen LogP contribution in [0.3, 0.4) is 0 Å². The summed E-state index contributed by atoms with van der Waals surface area (Å²) >= 11 is 0. The number of halogens is 1. The first-order chi connectivity index (χ1) is 8.09. The van der Waals surface area contributed by atoms with Gasteiger partial charge < -0.3 is 22.6 Å². The van der Waals surface area contributed by atoms with Crippen LogP contribution in [-0.4, -0.2) is 22.2 Å². The van der Waals surface area contributed by atoms with Crippen LogP contribution in [0.15, 0.2) is 36.5 Å². The number of aromatic carboxylic acids is 1. The van der Waals surface area contributed by atoms with Gasteiger partial charge in [-0.05, 0) is 6.07 Å². The van der Waals surface area contributed by atoms with E-state index in [1.54, 1.807) is 30.3 Å². The molecule has 0 spiro atoms. The molecule has 0 aromatic rings. The van der Waals surface area contributed by atoms with E-state index >= 15 is 0 Å². The van der Waals surface area contributed by atoms with Gasteiger partial charge in [0.25, 0.3) is 0 Å². The Bertz CT molecular complexity index is 570. The van der Waals surface area contributed by atoms with Gasteiger partial charge in [-0.15, -0.1) is 0 Å². The molecule has 0 aromatic carbocycles. The van der Waals surface area contributed by atoms with Crippen molar-refractivity contribution in [1.82, 2.24) is 0 Å². The lowest BCUT2D eigenvalue weighted by atomic mass is 10.1. The average Bonchev–Trinajstić information content (AvgIpc) is 2.46. The number of hydrogen-bond donors (Lipinski definition) is 2. The molecule has 0 fully saturated rings. The van der Waals surface area contributed by atoms with Gasteiger partial charge >= 0.3 is 11.9 Å². The van der Waals surface area contributed by atoms with Gasteiger partial charge in [-0.2, -0.15) is 4.57 Å². The summed E-state index contributed by atoms with van der Waals surface area (Å²) in [5, 5.41) is 17.8. The zero-order valence-corrected chi connectivity index (χ0v) is 9.96. The third-order valence-corrected chi connectivity index (χ3v) is 2.44. The Labute approximate surface area is 109 Å². The summed E-state index contributed by atoms with van der Waals surface area (Å²) in [6, 6.07) is 8.59. The van der Waals surface area contributed by atoms with Crippen molar-refractivity contribution in [2.75, 3.05) is 0 Å². The van der Waals surface area contributed by atoms with E-state index in [1.165, 1.54) is 10.8 Å². The van der Waals surface area contributed by atoms with Crippen molar-refractivity contribution in [2.24, 2.45) is 0 Å². The molecule has 1 heterocycles. The number of aromatic nitrogens is 1. The summed E-state index contributed by atoms with van der Waals surface area (Å²) in [6.45, 7) is -0.256. The first-order valence-corrected chi connectivity index (χ1v) is 4.96. The quantitative estimate of drug-likeness (QED) is 0.623. The van der Waals surface area contributed by atoms with Crippen LogP contribution >= 0.6 is 0 Å². The normalized spacial score (nSPS) is 9.78. The lowest BCUT2D eigenvalue weighted by Gasteiger charge is -1.91. The van der Waals surface area contributed by atoms with Crippen LogP contribution in [-0.2, 0) is 11.3 Å². The van der Waals surface area contributed by atoms with Crippen molar-refractivity contribution < 1.29 is 36.8 Å². The number of fused-ring (bicyclic) bond motifs is 1. The molecule has 1 aliphatic carbocycles. The number of hydrogen-bond acceptors (Lipinski definition) is 2. The lowest BCUT2D eigenvalue weighted by molar-refractivity contribution is -0.671. The number of nitrogens with zero attached hydrogens (tertiary/aromatic N) is 1. The van der Waals surface area contributed by atoms with Crippen LogP contribution in [0.1, 0.15) is 10.4 Å². The summed E-state index contributed by atoms with van der Waals surface area (Å²) in [7, 11) is 0. The monoisotopic (exact) mass is 267 g/mol. The average molecular weight is 268 g/mol. The fourth-order valence-electron chi connectivity index (χ4n) is 1.76. The molecule has 5 nitrogen and oxygen atoms in total. The fraction of sp³-hybridized carbons (Fsp3) is 0.0833. The predicted molar refractivity (Wildman–Crippen MR) is 57.9 cm³/mol. The Morgan fingerprint density at radius 2 is 1.78 bits per heavy atom. The van der Waals surface area contributed by atoms with Gasteiger partial charge in [-0.1, -0.05) is 18.2 Å². The van der Waals surface area contributed by atoms with Gasteiger partial charge in [0.2, 0.25) is 12.2 Å². The second-order valence-electron chi connectivity index (χ2n) is 3.58. The van der Waals surface area contributed by atoms with Gasteiger partial charge in [0.1, 0.15) is 5.56 Å². The van der Waals surface area contributed by atoms with Crippen LogP contribution < -0.4 is 17.0 Å². The topological polar surface area (TPSA) is 78.5 Å². The summed E-state index contributed by atoms with van der Waals surface area (Å²) in [4.78, 5) is 21.8. The van der Waals surface area contributed by atoms with Crippen molar-refractivity contribution >= 4 is 11.9 Å². The molecule has 0 amide bonds. The lowest BCUT2D eigenvalue weighted by Crippen LogP contribution is -3.00. The highest BCUT2D eigenvalue weighted by molar-refractivity contribution is 5.95. The summed E-state index contributed by atoms with van der Waals surface area (Å²) in [6.07, 6.45) is 1.35. The Balaban J connectivity index is 0.00000162. The zero-order chi connectivity index (χ0) is 12.4. The predicted octanol–water partition coefficient (Wildman–Crippen LogP) is -2.13. The van der Waals surface area contributed by atoms with E-state index in [0.717, 1.165) is 0 Å². The van der Waals surface area contributed by atoms with Gasteiger partial charge in [0.05, 0.1) is 5.56 Å². The van der Waals surface area contributed by atoms with Crippen molar-refractivity contribution in [3.8, 4) is 11.3 Å². The largest absolute Gasteiger partial charge is 1.00 e. The van der Waals surface area contributed by atoms with Crippen molar-refractivity contribution in [2.45, 2.75) is 6.54 Å². The Hall–Kier alpha value is -2.14. The van der Waals surface area contributed by atoms with E-state index in [2.05, 4.69) is 0 Å². The molecule has 94 valence electrons. The molecule has 0 radical (unpaired) electrons. The first-order valence-electron chi connectivity index (χ1n) is 4.96. The van der Waals surface area contributed by atoms with Crippen LogP contribution in [0, 0.1) is 0 Å². The SMILES string of the molecule is O=C(O)C[n+]1cc(C(=O)O)c2cccccc1-2.[Cl-]. The maximum atomic E-state index is 11.1. The van der Waals surface area contributed by atoms with E-state index in [9.17, 15) is 9.59 Å². The van der Waals surface area contributed by atoms with Gasteiger partial charge in [-0.3, -0.25) is 0 Å². The van der Waals surface area contributed by atoms with Gasteiger partial charge in [0.15, 0.2) is 6.20 Å². The highest BCUT2D eigenvalue weighted by atomic mass is 35.5. The minimum atomic E-state index is -1.06. The third-order valence-electron chi connectivity index (χ3n) is 2.44. The van der Waals surface area contributed by atoms with E-state index in [1.807, 2.05) is 0 Å². The van der Waals surface area contributed by atoms with Gasteiger partial charge in [0, 0.05) is 6.07 Å². The highest BCUT2D eigenvalue weighted by Crippen LogP contribution is 2.22. The Morgan fingerprint density at radius 1 is 1.11 bits per heavy atom. The molecule has 1 aliphatic heterocycles. The number of carboxylic acids is 2. The minimum absolute atomic E-state index is 0. The number of aliphatic carboxylic acids is 1. The van der Waals surface area contributed by atoms with Crippen molar-refractivity contribution in [1.29, 1.82) is 0 Å². The van der Waals surface area contributed by atoms with E-state index in [4.69, 9.17) is 10.2 Å². The van der Waals surface area contributed by atoms with Crippen LogP contribution in [0.25, 0.3) is 11.3 Å². The molecule has 0 bridgehead atoms. The molecular formula is C12H10ClNO4. The molecule has 0 saturated heterocycles. The Kier molecular flexibility index (Phi) is 4.23. The highest BCUT2D eigenvalue weighted by Gasteiger charge is 2.27. The third kappa shape index (κ3) is 2.57. The number of carbonyl (C=O) groups is 2. The molecule has 18 heavy (non-hydrogen) atoms. The fourth-order valence-corrected chi connectivity index (χ4v) is 1.76. The molecule has 2 N–H and O–H groups in total. The molecule has 0 aromatic heterocycles. The van der Waals surface area contributed by atoms with Crippen LogP contribution in [0.2, 0.25) is 0 Å². The van der Waals surface area contributed by atoms with Crippen molar-refractivity contribution in [3.05, 3.63) is 42.1 Å². The molecule has 6 heteroatoms. The number of rotatable bonds is 3. The molecule has 2 aliphatic rings. The summed E-state index contributed by atoms with van der Waals surface area (Å²) < 4.78 is 1.42. The Morgan fingerprint density at radius 3 is 2.39 bits per heavy atom. The maximum Gasteiger partial charge on any atom is 0.370 e. The summed E-state index contributed by atoms with van der Waals surface area (Å²) in [5.74, 6) is -2.07. The molecule has 0 saturated carbocycles. The second-order valence-corrected chi connectivity index (χ2v) is 3.58. The summed E-state index contributed by atoms with van der Waals surface area (Å²) in [5.41, 5.74) is 1.23. The van der Waals surface area contributed by atoms with E-state index in [0.29, 0.717) is 11.3 Å². The molecule has 0 unspecified atom stereocenters. The molecular weight excluding hydrogens is 258 g/mol. The van der Waals surface area contributed by atoms with Crippen LogP contribution in [0.5, 0.6) is 0 Å². The van der Waals surface area contributed by atoms with E-state index < -0.39 is 11.9 Å². The number of carboxylic acid groups (broad SMARTS) is 2. The second kappa shape index (κ2) is 5.46. The van der Waals surface area contributed by atoms with E-state index in [-0.39, 0.29) is 24.5 Å². The maximum absolute atomic E-state index is 11.1.